The van der Waals surface area contributed by atoms with E-state index in [9.17, 15) is 5.11 Å². The van der Waals surface area contributed by atoms with Crippen molar-refractivity contribution >= 4 is 0 Å². The van der Waals surface area contributed by atoms with Crippen LogP contribution in [0.15, 0.2) is 0 Å². The zero-order valence-electron chi connectivity index (χ0n) is 11.5. The molecule has 0 spiro atoms. The molecule has 0 amide bonds. The molecule has 1 N–H and O–H groups in total. The van der Waals surface area contributed by atoms with Gasteiger partial charge in [-0.25, -0.2) is 9.78 Å². The number of aliphatic hydroxyl groups excluding tert-OH is 1. The van der Waals surface area contributed by atoms with Crippen LogP contribution in [0.5, 0.6) is 0 Å². The Labute approximate surface area is 111 Å². The van der Waals surface area contributed by atoms with E-state index in [0.717, 1.165) is 19.3 Å². The van der Waals surface area contributed by atoms with Crippen molar-refractivity contribution in [1.82, 2.24) is 0 Å². The molecule has 2 aliphatic rings. The van der Waals surface area contributed by atoms with Gasteiger partial charge in [0.05, 0.1) is 13.2 Å². The zero-order chi connectivity index (χ0) is 12.7. The minimum absolute atomic E-state index is 0.109. The summed E-state index contributed by atoms with van der Waals surface area (Å²) in [5.74, 6) is 0.473. The van der Waals surface area contributed by atoms with Crippen LogP contribution in [0.1, 0.15) is 70.6 Å². The van der Waals surface area contributed by atoms with E-state index in [4.69, 9.17) is 9.78 Å². The van der Waals surface area contributed by atoms with E-state index in [1.54, 1.807) is 0 Å². The van der Waals surface area contributed by atoms with Crippen molar-refractivity contribution in [1.29, 1.82) is 0 Å². The van der Waals surface area contributed by atoms with Crippen molar-refractivity contribution in [3.8, 4) is 0 Å². The lowest BCUT2D eigenvalue weighted by Crippen LogP contribution is -2.45. The third-order valence-corrected chi connectivity index (χ3v) is 4.67. The molecule has 1 aliphatic heterocycles. The smallest absolute Gasteiger partial charge is 0.129 e. The minimum Gasteiger partial charge on any atom is -0.393 e. The number of hydrogen-bond donors (Lipinski definition) is 1. The maximum absolute atomic E-state index is 9.87. The molecule has 3 heteroatoms. The average Bonchev–Trinajstić information content (AvgIpc) is 2.30. The third kappa shape index (κ3) is 3.69. The van der Waals surface area contributed by atoms with Crippen LogP contribution in [0, 0.1) is 5.92 Å². The summed E-state index contributed by atoms with van der Waals surface area (Å²) in [5.41, 5.74) is -0.419. The quantitative estimate of drug-likeness (QED) is 0.767. The molecule has 1 aliphatic carbocycles. The lowest BCUT2D eigenvalue weighted by molar-refractivity contribution is -0.386. The van der Waals surface area contributed by atoms with Crippen LogP contribution in [-0.4, -0.2) is 23.9 Å². The molecule has 1 atom stereocenters. The Kier molecular flexibility index (Phi) is 5.93. The van der Waals surface area contributed by atoms with Crippen LogP contribution in [0.3, 0.4) is 0 Å². The predicted octanol–water partition coefficient (Wildman–Crippen LogP) is 3.60. The third-order valence-electron chi connectivity index (χ3n) is 4.67. The molecule has 2 rings (SSSR count). The van der Waals surface area contributed by atoms with Crippen molar-refractivity contribution in [2.45, 2.75) is 76.2 Å². The van der Waals surface area contributed by atoms with Crippen molar-refractivity contribution < 1.29 is 14.9 Å². The molecule has 0 radical (unpaired) electrons. The van der Waals surface area contributed by atoms with Crippen molar-refractivity contribution in [3.05, 3.63) is 0 Å². The lowest BCUT2D eigenvalue weighted by atomic mass is 9.76. The average molecular weight is 256 g/mol. The van der Waals surface area contributed by atoms with E-state index in [1.807, 2.05) is 0 Å². The summed E-state index contributed by atoms with van der Waals surface area (Å²) >= 11 is 0. The molecule has 1 unspecified atom stereocenters. The van der Waals surface area contributed by atoms with E-state index in [0.29, 0.717) is 12.5 Å². The molecule has 1 saturated heterocycles. The van der Waals surface area contributed by atoms with E-state index in [-0.39, 0.29) is 6.61 Å². The molecule has 18 heavy (non-hydrogen) atoms. The van der Waals surface area contributed by atoms with Crippen molar-refractivity contribution in [3.63, 3.8) is 0 Å². The van der Waals surface area contributed by atoms with Gasteiger partial charge < -0.3 is 5.11 Å². The van der Waals surface area contributed by atoms with Crippen LogP contribution < -0.4 is 0 Å². The van der Waals surface area contributed by atoms with Gasteiger partial charge in [0.15, 0.2) is 0 Å². The van der Waals surface area contributed by atoms with Gasteiger partial charge in [-0.15, -0.1) is 0 Å². The second-order valence-corrected chi connectivity index (χ2v) is 5.98. The van der Waals surface area contributed by atoms with Gasteiger partial charge in [-0.1, -0.05) is 44.9 Å². The summed E-state index contributed by atoms with van der Waals surface area (Å²) in [6, 6.07) is 0. The highest BCUT2D eigenvalue weighted by atomic mass is 17.2. The first-order valence-electron chi connectivity index (χ1n) is 7.79. The monoisotopic (exact) mass is 256 g/mol. The fourth-order valence-corrected chi connectivity index (χ4v) is 3.45. The van der Waals surface area contributed by atoms with Crippen LogP contribution in [0.2, 0.25) is 0 Å². The molecule has 106 valence electrons. The second kappa shape index (κ2) is 7.46. The molecule has 1 heterocycles. The van der Waals surface area contributed by atoms with Gasteiger partial charge in [-0.3, -0.25) is 0 Å². The van der Waals surface area contributed by atoms with Gasteiger partial charge in [0.1, 0.15) is 5.60 Å². The largest absolute Gasteiger partial charge is 0.393 e. The Morgan fingerprint density at radius 1 is 0.889 bits per heavy atom. The summed E-state index contributed by atoms with van der Waals surface area (Å²) < 4.78 is 0. The Morgan fingerprint density at radius 2 is 1.56 bits per heavy atom. The van der Waals surface area contributed by atoms with E-state index in [1.165, 1.54) is 51.4 Å². The van der Waals surface area contributed by atoms with Crippen LogP contribution in [0.25, 0.3) is 0 Å². The molecular weight excluding hydrogens is 228 g/mol. The van der Waals surface area contributed by atoms with E-state index >= 15 is 0 Å². The first kappa shape index (κ1) is 14.3. The Morgan fingerprint density at radius 3 is 2.28 bits per heavy atom. The number of hydrogen-bond acceptors (Lipinski definition) is 3. The Balaban J connectivity index is 2.01. The Hall–Kier alpha value is -0.120. The van der Waals surface area contributed by atoms with Crippen LogP contribution in [-0.2, 0) is 9.78 Å². The summed E-state index contributed by atoms with van der Waals surface area (Å²) in [6.45, 7) is 0.784. The van der Waals surface area contributed by atoms with Crippen LogP contribution in [0.4, 0.5) is 0 Å². The summed E-state index contributed by atoms with van der Waals surface area (Å²) in [7, 11) is 0. The van der Waals surface area contributed by atoms with Gasteiger partial charge >= 0.3 is 0 Å². The molecule has 3 nitrogen and oxygen atoms in total. The first-order chi connectivity index (χ1) is 8.87. The minimum atomic E-state index is -0.419. The summed E-state index contributed by atoms with van der Waals surface area (Å²) in [6.07, 6.45) is 13.3. The lowest BCUT2D eigenvalue weighted by Gasteiger charge is -2.39. The normalized spacial score (nSPS) is 33.2. The topological polar surface area (TPSA) is 38.7 Å². The number of aliphatic hydroxyl groups is 1. The highest BCUT2D eigenvalue weighted by Crippen LogP contribution is 2.38. The van der Waals surface area contributed by atoms with Gasteiger partial charge in [-0.05, 0) is 31.6 Å². The molecule has 0 aromatic carbocycles. The van der Waals surface area contributed by atoms with Gasteiger partial charge in [-0.2, -0.15) is 0 Å². The molecule has 0 aromatic rings. The van der Waals surface area contributed by atoms with Gasteiger partial charge in [0.25, 0.3) is 0 Å². The van der Waals surface area contributed by atoms with E-state index in [2.05, 4.69) is 0 Å². The SMILES string of the molecule is OCC1(C2CCCCCCC2)CCCCCOO1. The fourth-order valence-electron chi connectivity index (χ4n) is 3.45. The standard InChI is InChI=1S/C15H28O3/c16-13-15(11-7-4-8-12-17-18-15)14-9-5-2-1-3-6-10-14/h14,16H,1-13H2. The second-order valence-electron chi connectivity index (χ2n) is 5.98. The highest BCUT2D eigenvalue weighted by molar-refractivity contribution is 4.88. The molecule has 0 bridgehead atoms. The molecular formula is C15H28O3. The Bertz CT molecular complexity index is 214. The van der Waals surface area contributed by atoms with Crippen LogP contribution >= 0.6 is 0 Å². The molecule has 1 saturated carbocycles. The zero-order valence-corrected chi connectivity index (χ0v) is 11.5. The van der Waals surface area contributed by atoms with Crippen molar-refractivity contribution in [2.75, 3.05) is 13.2 Å². The molecule has 2 fully saturated rings. The predicted molar refractivity (Wildman–Crippen MR) is 71.1 cm³/mol. The summed E-state index contributed by atoms with van der Waals surface area (Å²) in [5, 5.41) is 9.87. The fraction of sp³-hybridized carbons (Fsp3) is 1.00. The first-order valence-corrected chi connectivity index (χ1v) is 7.79. The molecule has 0 aromatic heterocycles. The number of rotatable bonds is 2. The summed E-state index contributed by atoms with van der Waals surface area (Å²) in [4.78, 5) is 11.1. The van der Waals surface area contributed by atoms with Gasteiger partial charge in [0, 0.05) is 0 Å². The van der Waals surface area contributed by atoms with E-state index < -0.39 is 5.60 Å². The highest BCUT2D eigenvalue weighted by Gasteiger charge is 2.40. The van der Waals surface area contributed by atoms with Gasteiger partial charge in [0.2, 0.25) is 0 Å². The maximum Gasteiger partial charge on any atom is 0.129 e. The van der Waals surface area contributed by atoms with Crippen molar-refractivity contribution in [2.24, 2.45) is 5.92 Å². The maximum atomic E-state index is 9.87.